The van der Waals surface area contributed by atoms with Gasteiger partial charge in [0, 0.05) is 43.0 Å². The van der Waals surface area contributed by atoms with Crippen molar-refractivity contribution in [3.8, 4) is 0 Å². The Balaban J connectivity index is 1.48. The Hall–Kier alpha value is -2.50. The summed E-state index contributed by atoms with van der Waals surface area (Å²) in [6.45, 7) is 3.03. The molecule has 6 heteroatoms. The number of hydrogen-bond acceptors (Lipinski definition) is 4. The second-order valence-corrected chi connectivity index (χ2v) is 7.94. The summed E-state index contributed by atoms with van der Waals surface area (Å²) in [6.07, 6.45) is 1.71. The van der Waals surface area contributed by atoms with Gasteiger partial charge in [0.25, 0.3) is 5.91 Å². The van der Waals surface area contributed by atoms with E-state index in [0.717, 1.165) is 18.0 Å². The van der Waals surface area contributed by atoms with Gasteiger partial charge in [-0.2, -0.15) is 0 Å². The van der Waals surface area contributed by atoms with Gasteiger partial charge in [-0.15, -0.1) is 0 Å². The smallest absolute Gasteiger partial charge is 0.256 e. The van der Waals surface area contributed by atoms with Crippen LogP contribution in [0.2, 0.25) is 5.02 Å². The fourth-order valence-electron chi connectivity index (χ4n) is 3.24. The van der Waals surface area contributed by atoms with E-state index in [0.29, 0.717) is 28.7 Å². The number of anilines is 1. The molecule has 0 saturated carbocycles. The van der Waals surface area contributed by atoms with E-state index in [4.69, 9.17) is 11.6 Å². The van der Waals surface area contributed by atoms with E-state index >= 15 is 0 Å². The summed E-state index contributed by atoms with van der Waals surface area (Å²) in [4.78, 5) is 22.7. The summed E-state index contributed by atoms with van der Waals surface area (Å²) in [6, 6.07) is 21.6. The van der Waals surface area contributed by atoms with E-state index in [1.807, 2.05) is 59.5 Å². The third kappa shape index (κ3) is 4.16. The summed E-state index contributed by atoms with van der Waals surface area (Å²) in [5.74, 6) is 0.0235. The molecule has 0 radical (unpaired) electrons. The number of para-hydroxylation sites is 1. The summed E-state index contributed by atoms with van der Waals surface area (Å²) >= 11 is 7.71. The minimum absolute atomic E-state index is 0.0235. The number of hydrogen-bond donors (Lipinski definition) is 0. The number of halogens is 1. The first kappa shape index (κ1) is 18.8. The Morgan fingerprint density at radius 2 is 1.61 bits per heavy atom. The number of nitrogens with zero attached hydrogens (tertiary/aromatic N) is 3. The average molecular weight is 410 g/mol. The number of piperazine rings is 1. The van der Waals surface area contributed by atoms with E-state index < -0.39 is 0 Å². The van der Waals surface area contributed by atoms with Gasteiger partial charge in [-0.3, -0.25) is 4.79 Å². The fraction of sp³-hybridized carbons (Fsp3) is 0.182. The maximum Gasteiger partial charge on any atom is 0.256 e. The van der Waals surface area contributed by atoms with Gasteiger partial charge in [0.15, 0.2) is 0 Å². The van der Waals surface area contributed by atoms with Crippen LogP contribution in [0.25, 0.3) is 0 Å². The van der Waals surface area contributed by atoms with Gasteiger partial charge < -0.3 is 9.80 Å². The molecule has 1 fully saturated rings. The molecule has 1 aromatic heterocycles. The molecule has 0 bridgehead atoms. The second-order valence-electron chi connectivity index (χ2n) is 6.50. The van der Waals surface area contributed by atoms with Gasteiger partial charge in [-0.25, -0.2) is 4.98 Å². The van der Waals surface area contributed by atoms with Crippen molar-refractivity contribution in [1.29, 1.82) is 0 Å². The van der Waals surface area contributed by atoms with Crippen LogP contribution in [0.1, 0.15) is 10.4 Å². The molecule has 0 aliphatic carbocycles. The lowest BCUT2D eigenvalue weighted by Gasteiger charge is -2.36. The molecule has 2 heterocycles. The molecular weight excluding hydrogens is 390 g/mol. The maximum atomic E-state index is 13.2. The van der Waals surface area contributed by atoms with Crippen molar-refractivity contribution >= 4 is 35.0 Å². The van der Waals surface area contributed by atoms with Crippen LogP contribution < -0.4 is 4.90 Å². The van der Waals surface area contributed by atoms with Crippen LogP contribution in [-0.4, -0.2) is 42.0 Å². The van der Waals surface area contributed by atoms with Gasteiger partial charge in [-0.05, 0) is 36.4 Å². The van der Waals surface area contributed by atoms with E-state index in [2.05, 4.69) is 22.0 Å². The predicted molar refractivity (Wildman–Crippen MR) is 114 cm³/mol. The third-order valence-electron chi connectivity index (χ3n) is 4.73. The number of rotatable bonds is 4. The van der Waals surface area contributed by atoms with Gasteiger partial charge in [0.1, 0.15) is 5.03 Å². The lowest BCUT2D eigenvalue weighted by molar-refractivity contribution is 0.0742. The molecule has 1 aliphatic rings. The first-order chi connectivity index (χ1) is 13.7. The molecule has 1 aliphatic heterocycles. The zero-order chi connectivity index (χ0) is 19.3. The highest BCUT2D eigenvalue weighted by atomic mass is 35.5. The van der Waals surface area contributed by atoms with Crippen LogP contribution in [0.4, 0.5) is 5.69 Å². The van der Waals surface area contributed by atoms with Gasteiger partial charge >= 0.3 is 0 Å². The van der Waals surface area contributed by atoms with Crippen molar-refractivity contribution < 1.29 is 4.79 Å². The van der Waals surface area contributed by atoms with Crippen molar-refractivity contribution in [2.24, 2.45) is 0 Å². The van der Waals surface area contributed by atoms with Gasteiger partial charge in [0.2, 0.25) is 0 Å². The largest absolute Gasteiger partial charge is 0.368 e. The normalized spacial score (nSPS) is 14.2. The minimum Gasteiger partial charge on any atom is -0.368 e. The first-order valence-corrected chi connectivity index (χ1v) is 10.4. The summed E-state index contributed by atoms with van der Waals surface area (Å²) in [5.41, 5.74) is 1.83. The average Bonchev–Trinajstić information content (AvgIpc) is 2.76. The van der Waals surface area contributed by atoms with Crippen molar-refractivity contribution in [2.45, 2.75) is 9.92 Å². The monoisotopic (exact) mass is 409 g/mol. The van der Waals surface area contributed by atoms with E-state index in [9.17, 15) is 4.79 Å². The first-order valence-electron chi connectivity index (χ1n) is 9.19. The molecule has 4 nitrogen and oxygen atoms in total. The quantitative estimate of drug-likeness (QED) is 0.617. The molecule has 0 spiro atoms. The van der Waals surface area contributed by atoms with E-state index in [-0.39, 0.29) is 5.91 Å². The Morgan fingerprint density at radius 3 is 2.36 bits per heavy atom. The van der Waals surface area contributed by atoms with E-state index in [1.165, 1.54) is 17.4 Å². The maximum absolute atomic E-state index is 13.2. The van der Waals surface area contributed by atoms with Crippen molar-refractivity contribution in [2.75, 3.05) is 31.1 Å². The van der Waals surface area contributed by atoms with Crippen LogP contribution >= 0.6 is 23.4 Å². The van der Waals surface area contributed by atoms with Crippen LogP contribution in [-0.2, 0) is 0 Å². The minimum atomic E-state index is 0.0235. The summed E-state index contributed by atoms with van der Waals surface area (Å²) < 4.78 is 0. The Labute approximate surface area is 174 Å². The molecule has 1 amide bonds. The summed E-state index contributed by atoms with van der Waals surface area (Å²) in [7, 11) is 0. The highest BCUT2D eigenvalue weighted by Crippen LogP contribution is 2.34. The van der Waals surface area contributed by atoms with Crippen molar-refractivity contribution in [3.05, 3.63) is 83.5 Å². The number of amides is 1. The molecule has 142 valence electrons. The number of aromatic nitrogens is 1. The molecule has 4 rings (SSSR count). The standard InChI is InChI=1S/C22H20ClN3OS/c23-19-10-4-5-11-20(19)28-21-18(9-6-12-24-21)22(27)26-15-13-25(14-16-26)17-7-2-1-3-8-17/h1-12H,13-16H2. The van der Waals surface area contributed by atoms with Crippen LogP contribution in [0.5, 0.6) is 0 Å². The number of carbonyl (C=O) groups is 1. The number of benzene rings is 2. The van der Waals surface area contributed by atoms with Crippen LogP contribution in [0, 0.1) is 0 Å². The molecule has 28 heavy (non-hydrogen) atoms. The highest BCUT2D eigenvalue weighted by Gasteiger charge is 2.24. The Bertz CT molecular complexity index is 959. The number of pyridine rings is 1. The fourth-order valence-corrected chi connectivity index (χ4v) is 4.39. The molecule has 3 aromatic rings. The molecule has 0 unspecified atom stereocenters. The SMILES string of the molecule is O=C(c1cccnc1Sc1ccccc1Cl)N1CCN(c2ccccc2)CC1. The van der Waals surface area contributed by atoms with E-state index in [1.54, 1.807) is 6.20 Å². The van der Waals surface area contributed by atoms with Crippen molar-refractivity contribution in [3.63, 3.8) is 0 Å². The zero-order valence-corrected chi connectivity index (χ0v) is 16.9. The molecule has 1 saturated heterocycles. The van der Waals surface area contributed by atoms with Gasteiger partial charge in [0.05, 0.1) is 10.6 Å². The van der Waals surface area contributed by atoms with Crippen LogP contribution in [0.15, 0.2) is 82.8 Å². The second kappa shape index (κ2) is 8.67. The van der Waals surface area contributed by atoms with Crippen molar-refractivity contribution in [1.82, 2.24) is 9.88 Å². The third-order valence-corrected chi connectivity index (χ3v) is 6.27. The Morgan fingerprint density at radius 1 is 0.893 bits per heavy atom. The topological polar surface area (TPSA) is 36.4 Å². The molecule has 0 atom stereocenters. The lowest BCUT2D eigenvalue weighted by Crippen LogP contribution is -2.48. The molecular formula is C22H20ClN3OS. The summed E-state index contributed by atoms with van der Waals surface area (Å²) in [5, 5.41) is 1.35. The predicted octanol–water partition coefficient (Wildman–Crippen LogP) is 4.85. The highest BCUT2D eigenvalue weighted by molar-refractivity contribution is 7.99. The number of carbonyl (C=O) groups excluding carboxylic acids is 1. The molecule has 2 aromatic carbocycles. The Kier molecular flexibility index (Phi) is 5.84. The zero-order valence-electron chi connectivity index (χ0n) is 15.3. The lowest BCUT2D eigenvalue weighted by atomic mass is 10.2. The molecule has 0 N–H and O–H groups in total. The van der Waals surface area contributed by atoms with Crippen LogP contribution in [0.3, 0.4) is 0 Å². The van der Waals surface area contributed by atoms with Gasteiger partial charge in [-0.1, -0.05) is 53.7 Å².